The van der Waals surface area contributed by atoms with Gasteiger partial charge in [0, 0.05) is 24.5 Å². The molecule has 2 atom stereocenters. The molecule has 1 N–H and O–H groups in total. The zero-order chi connectivity index (χ0) is 20.5. The van der Waals surface area contributed by atoms with E-state index in [4.69, 9.17) is 4.74 Å². The average Bonchev–Trinajstić information content (AvgIpc) is 2.85. The Bertz CT molecular complexity index is 708. The SMILES string of the molecule is CC(c1cc(F)c(N2CCC(OC(=O)NC(C)(C)C)C2=O)c(F)c1)N(C)C. The molecule has 1 aliphatic rings. The van der Waals surface area contributed by atoms with Crippen LogP contribution in [0.15, 0.2) is 12.1 Å². The van der Waals surface area contributed by atoms with Crippen molar-refractivity contribution in [1.29, 1.82) is 0 Å². The van der Waals surface area contributed by atoms with E-state index in [-0.39, 0.29) is 19.0 Å². The Morgan fingerprint density at radius 1 is 1.30 bits per heavy atom. The number of nitrogens with zero attached hydrogens (tertiary/aromatic N) is 2. The van der Waals surface area contributed by atoms with E-state index in [2.05, 4.69) is 5.32 Å². The number of rotatable bonds is 4. The third-order valence-electron chi connectivity index (χ3n) is 4.45. The summed E-state index contributed by atoms with van der Waals surface area (Å²) in [7, 11) is 3.62. The fraction of sp³-hybridized carbons (Fsp3) is 0.579. The second-order valence-corrected chi connectivity index (χ2v) is 8.02. The smallest absolute Gasteiger partial charge is 0.408 e. The van der Waals surface area contributed by atoms with E-state index in [0.717, 1.165) is 4.90 Å². The lowest BCUT2D eigenvalue weighted by Gasteiger charge is -2.23. The van der Waals surface area contributed by atoms with Gasteiger partial charge < -0.3 is 19.9 Å². The highest BCUT2D eigenvalue weighted by atomic mass is 19.1. The van der Waals surface area contributed by atoms with Gasteiger partial charge in [0.25, 0.3) is 5.91 Å². The number of hydrogen-bond acceptors (Lipinski definition) is 4. The van der Waals surface area contributed by atoms with E-state index in [1.165, 1.54) is 12.1 Å². The fourth-order valence-corrected chi connectivity index (χ4v) is 2.83. The minimum absolute atomic E-state index is 0.0721. The molecular formula is C19H27F2N3O3. The van der Waals surface area contributed by atoms with Crippen LogP contribution in [-0.4, -0.2) is 49.2 Å². The van der Waals surface area contributed by atoms with Crippen molar-refractivity contribution >= 4 is 17.7 Å². The van der Waals surface area contributed by atoms with Gasteiger partial charge in [0.1, 0.15) is 17.3 Å². The van der Waals surface area contributed by atoms with E-state index in [9.17, 15) is 18.4 Å². The van der Waals surface area contributed by atoms with Gasteiger partial charge in [-0.2, -0.15) is 0 Å². The van der Waals surface area contributed by atoms with Gasteiger partial charge in [-0.15, -0.1) is 0 Å². The molecule has 1 aromatic rings. The van der Waals surface area contributed by atoms with Crippen molar-refractivity contribution in [2.24, 2.45) is 0 Å². The first-order valence-electron chi connectivity index (χ1n) is 8.86. The van der Waals surface area contributed by atoms with E-state index >= 15 is 0 Å². The Kier molecular flexibility index (Phi) is 6.09. The van der Waals surface area contributed by atoms with Gasteiger partial charge in [0.15, 0.2) is 6.10 Å². The maximum Gasteiger partial charge on any atom is 0.408 e. The quantitative estimate of drug-likeness (QED) is 0.867. The van der Waals surface area contributed by atoms with Crippen LogP contribution < -0.4 is 10.2 Å². The molecule has 2 amide bonds. The number of anilines is 1. The largest absolute Gasteiger partial charge is 0.436 e. The van der Waals surface area contributed by atoms with E-state index in [1.54, 1.807) is 20.8 Å². The molecule has 1 fully saturated rings. The van der Waals surface area contributed by atoms with Gasteiger partial charge >= 0.3 is 6.09 Å². The Labute approximate surface area is 158 Å². The molecule has 2 rings (SSSR count). The zero-order valence-electron chi connectivity index (χ0n) is 16.6. The molecule has 0 bridgehead atoms. The molecule has 8 heteroatoms. The molecule has 6 nitrogen and oxygen atoms in total. The average molecular weight is 383 g/mol. The Morgan fingerprint density at radius 2 is 1.85 bits per heavy atom. The number of hydrogen-bond donors (Lipinski definition) is 1. The van der Waals surface area contributed by atoms with Crippen LogP contribution in [0, 0.1) is 11.6 Å². The number of carbonyl (C=O) groups is 2. The summed E-state index contributed by atoms with van der Waals surface area (Å²) in [5, 5.41) is 2.59. The monoisotopic (exact) mass is 383 g/mol. The van der Waals surface area contributed by atoms with Crippen LogP contribution in [0.2, 0.25) is 0 Å². The zero-order valence-corrected chi connectivity index (χ0v) is 16.6. The van der Waals surface area contributed by atoms with Crippen LogP contribution in [0.5, 0.6) is 0 Å². The molecule has 0 radical (unpaired) electrons. The molecule has 1 saturated heterocycles. The van der Waals surface area contributed by atoms with Crippen LogP contribution in [0.25, 0.3) is 0 Å². The van der Waals surface area contributed by atoms with Crippen molar-refractivity contribution in [1.82, 2.24) is 10.2 Å². The van der Waals surface area contributed by atoms with Gasteiger partial charge in [0.2, 0.25) is 0 Å². The number of alkyl carbamates (subject to hydrolysis) is 1. The summed E-state index contributed by atoms with van der Waals surface area (Å²) in [6, 6.07) is 2.28. The number of amides is 2. The van der Waals surface area contributed by atoms with Gasteiger partial charge in [-0.25, -0.2) is 13.6 Å². The fourth-order valence-electron chi connectivity index (χ4n) is 2.83. The van der Waals surface area contributed by atoms with Gasteiger partial charge in [-0.3, -0.25) is 4.79 Å². The highest BCUT2D eigenvalue weighted by Gasteiger charge is 2.38. The number of ether oxygens (including phenoxy) is 1. The lowest BCUT2D eigenvalue weighted by Crippen LogP contribution is -2.43. The maximum absolute atomic E-state index is 14.6. The molecular weight excluding hydrogens is 356 g/mol. The summed E-state index contributed by atoms with van der Waals surface area (Å²) < 4.78 is 34.3. The second kappa shape index (κ2) is 7.80. The summed E-state index contributed by atoms with van der Waals surface area (Å²) in [5.41, 5.74) is -0.449. The molecule has 150 valence electrons. The molecule has 1 heterocycles. The Balaban J connectivity index is 2.18. The highest BCUT2D eigenvalue weighted by molar-refractivity contribution is 6.00. The van der Waals surface area contributed by atoms with Crippen molar-refractivity contribution in [3.63, 3.8) is 0 Å². The van der Waals surface area contributed by atoms with Crippen LogP contribution in [0.4, 0.5) is 19.3 Å². The maximum atomic E-state index is 14.6. The molecule has 0 spiro atoms. The highest BCUT2D eigenvalue weighted by Crippen LogP contribution is 2.32. The molecule has 27 heavy (non-hydrogen) atoms. The third-order valence-corrected chi connectivity index (χ3v) is 4.45. The van der Waals surface area contributed by atoms with Crippen molar-refractivity contribution in [3.8, 4) is 0 Å². The lowest BCUT2D eigenvalue weighted by molar-refractivity contribution is -0.124. The number of halogens is 2. The van der Waals surface area contributed by atoms with Gasteiger partial charge in [0.05, 0.1) is 0 Å². The van der Waals surface area contributed by atoms with Crippen LogP contribution in [0.3, 0.4) is 0 Å². The first-order valence-corrected chi connectivity index (χ1v) is 8.86. The van der Waals surface area contributed by atoms with Crippen molar-refractivity contribution < 1.29 is 23.1 Å². The van der Waals surface area contributed by atoms with Crippen LogP contribution in [0.1, 0.15) is 45.7 Å². The second-order valence-electron chi connectivity index (χ2n) is 8.02. The summed E-state index contributed by atoms with van der Waals surface area (Å²) in [5.74, 6) is -2.26. The minimum atomic E-state index is -1.06. The predicted octanol–water partition coefficient (Wildman–Crippen LogP) is 3.22. The van der Waals surface area contributed by atoms with E-state index in [1.807, 2.05) is 25.9 Å². The van der Waals surface area contributed by atoms with Gasteiger partial charge in [-0.1, -0.05) is 0 Å². The summed E-state index contributed by atoms with van der Waals surface area (Å²) >= 11 is 0. The number of benzene rings is 1. The van der Waals surface area contributed by atoms with Crippen molar-refractivity contribution in [3.05, 3.63) is 29.3 Å². The topological polar surface area (TPSA) is 61.9 Å². The molecule has 0 aliphatic carbocycles. The Hall–Kier alpha value is -2.22. The summed E-state index contributed by atoms with van der Waals surface area (Å²) in [6.45, 7) is 7.23. The first kappa shape index (κ1) is 21.1. The molecule has 2 unspecified atom stereocenters. The minimum Gasteiger partial charge on any atom is -0.436 e. The normalized spacial score (nSPS) is 18.8. The van der Waals surface area contributed by atoms with E-state index in [0.29, 0.717) is 5.56 Å². The van der Waals surface area contributed by atoms with Crippen molar-refractivity contribution in [2.45, 2.75) is 51.8 Å². The first-order chi connectivity index (χ1) is 12.4. The van der Waals surface area contributed by atoms with Crippen molar-refractivity contribution in [2.75, 3.05) is 25.5 Å². The standard InChI is InChI=1S/C19H27F2N3O3/c1-11(23(5)6)12-9-13(20)16(14(21)10-12)24-8-7-15(17(24)25)27-18(26)22-19(2,3)4/h9-11,15H,7-8H2,1-6H3,(H,22,26). The number of carbonyl (C=O) groups excluding carboxylic acids is 2. The third kappa shape index (κ3) is 4.94. The lowest BCUT2D eigenvalue weighted by atomic mass is 10.1. The van der Waals surface area contributed by atoms with Crippen LogP contribution >= 0.6 is 0 Å². The molecule has 0 saturated carbocycles. The summed E-state index contributed by atoms with van der Waals surface area (Å²) in [4.78, 5) is 27.2. The van der Waals surface area contributed by atoms with E-state index < -0.39 is 41.0 Å². The predicted molar refractivity (Wildman–Crippen MR) is 98.6 cm³/mol. The van der Waals surface area contributed by atoms with Gasteiger partial charge in [-0.05, 0) is 59.5 Å². The number of nitrogens with one attached hydrogen (secondary N) is 1. The molecule has 0 aromatic heterocycles. The molecule has 1 aromatic carbocycles. The Morgan fingerprint density at radius 3 is 2.33 bits per heavy atom. The summed E-state index contributed by atoms with van der Waals surface area (Å²) in [6.07, 6.45) is -1.63. The molecule has 1 aliphatic heterocycles. The van der Waals surface area contributed by atoms with Crippen LogP contribution in [-0.2, 0) is 9.53 Å².